The highest BCUT2D eigenvalue weighted by Crippen LogP contribution is 2.35. The molecule has 30 heavy (non-hydrogen) atoms. The minimum atomic E-state index is -4.31. The smallest absolute Gasteiger partial charge is 0.339 e. The monoisotopic (exact) mass is 473 g/mol. The average Bonchev–Trinajstić information content (AvgIpc) is 3.07. The van der Waals surface area contributed by atoms with E-state index in [2.05, 4.69) is 19.8 Å². The molecule has 0 radical (unpaired) electrons. The second kappa shape index (κ2) is 8.25. The molecule has 2 heterocycles. The zero-order chi connectivity index (χ0) is 22.2. The summed E-state index contributed by atoms with van der Waals surface area (Å²) < 4.78 is 39.3. The molecule has 2 aromatic heterocycles. The summed E-state index contributed by atoms with van der Waals surface area (Å²) in [5.74, 6) is -0.414. The number of aryl methyl sites for hydroxylation is 1. The molecule has 0 aliphatic carbocycles. The van der Waals surface area contributed by atoms with Gasteiger partial charge in [0.1, 0.15) is 0 Å². The predicted octanol–water partition coefficient (Wildman–Crippen LogP) is 3.11. The van der Waals surface area contributed by atoms with Crippen LogP contribution in [0.4, 0.5) is 5.69 Å². The molecule has 1 aromatic carbocycles. The molecule has 0 bridgehead atoms. The summed E-state index contributed by atoms with van der Waals surface area (Å²) >= 11 is 12.3. The number of sulfonamides is 1. The Balaban J connectivity index is 2.01. The summed E-state index contributed by atoms with van der Waals surface area (Å²) in [6.07, 6.45) is 1.13. The van der Waals surface area contributed by atoms with Gasteiger partial charge in [-0.25, -0.2) is 9.31 Å². The maximum absolute atomic E-state index is 12.8. The largest absolute Gasteiger partial charge is 0.481 e. The first-order valence-electron chi connectivity index (χ1n) is 8.53. The van der Waals surface area contributed by atoms with Crippen molar-refractivity contribution in [3.8, 4) is 5.88 Å². The van der Waals surface area contributed by atoms with Crippen LogP contribution in [0, 0.1) is 6.92 Å². The van der Waals surface area contributed by atoms with Crippen molar-refractivity contribution in [2.24, 2.45) is 0 Å². The van der Waals surface area contributed by atoms with E-state index in [4.69, 9.17) is 32.7 Å². The van der Waals surface area contributed by atoms with Crippen LogP contribution in [0.5, 0.6) is 5.88 Å². The molecule has 0 spiro atoms. The van der Waals surface area contributed by atoms with Crippen molar-refractivity contribution >= 4 is 50.7 Å². The maximum atomic E-state index is 12.8. The number of nitrogens with one attached hydrogen (secondary N) is 1. The van der Waals surface area contributed by atoms with Gasteiger partial charge < -0.3 is 9.47 Å². The number of fused-ring (bicyclic) bond motifs is 1. The molecule has 0 aliphatic heterocycles. The molecule has 0 saturated carbocycles. The first-order chi connectivity index (χ1) is 14.0. The van der Waals surface area contributed by atoms with Crippen LogP contribution >= 0.6 is 23.2 Å². The molecule has 0 amide bonds. The van der Waals surface area contributed by atoms with Gasteiger partial charge in [0, 0.05) is 11.8 Å². The van der Waals surface area contributed by atoms with E-state index in [-0.39, 0.29) is 39.1 Å². The first kappa shape index (κ1) is 22.1. The number of rotatable bonds is 6. The average molecular weight is 474 g/mol. The van der Waals surface area contributed by atoms with E-state index in [1.54, 1.807) is 20.8 Å². The Hall–Kier alpha value is -2.63. The summed E-state index contributed by atoms with van der Waals surface area (Å²) in [5.41, 5.74) is 0.392. The lowest BCUT2D eigenvalue weighted by atomic mass is 10.2. The summed E-state index contributed by atoms with van der Waals surface area (Å²) in [6.45, 7) is 5.07. The number of ether oxygens (including phenoxy) is 2. The van der Waals surface area contributed by atoms with Crippen LogP contribution < -0.4 is 9.46 Å². The van der Waals surface area contributed by atoms with Crippen molar-refractivity contribution in [3.05, 3.63) is 39.5 Å². The number of halogens is 2. The molecular formula is C17H17Cl2N5O5S. The van der Waals surface area contributed by atoms with E-state index in [1.807, 2.05) is 0 Å². The Labute approximate surface area is 182 Å². The van der Waals surface area contributed by atoms with Crippen LogP contribution in [0.3, 0.4) is 0 Å². The van der Waals surface area contributed by atoms with Crippen molar-refractivity contribution < 1.29 is 22.7 Å². The summed E-state index contributed by atoms with van der Waals surface area (Å²) in [7, 11) is -2.88. The summed E-state index contributed by atoms with van der Waals surface area (Å²) in [4.78, 5) is 20.2. The van der Waals surface area contributed by atoms with Gasteiger partial charge in [-0.2, -0.15) is 18.4 Å². The van der Waals surface area contributed by atoms with Crippen LogP contribution in [0.2, 0.25) is 10.0 Å². The van der Waals surface area contributed by atoms with Crippen LogP contribution in [-0.4, -0.2) is 47.2 Å². The molecule has 13 heteroatoms. The Morgan fingerprint density at radius 3 is 2.57 bits per heavy atom. The highest BCUT2D eigenvalue weighted by atomic mass is 35.5. The van der Waals surface area contributed by atoms with Crippen molar-refractivity contribution in [3.63, 3.8) is 0 Å². The molecular weight excluding hydrogens is 457 g/mol. The number of hydrogen-bond donors (Lipinski definition) is 1. The van der Waals surface area contributed by atoms with Crippen LogP contribution in [0.15, 0.2) is 23.5 Å². The molecule has 0 aliphatic rings. The zero-order valence-corrected chi connectivity index (χ0v) is 18.6. The topological polar surface area (TPSA) is 125 Å². The third-order valence-electron chi connectivity index (χ3n) is 3.77. The second-order valence-electron chi connectivity index (χ2n) is 6.42. The van der Waals surface area contributed by atoms with E-state index >= 15 is 0 Å². The lowest BCUT2D eigenvalue weighted by Gasteiger charge is -2.13. The fourth-order valence-corrected chi connectivity index (χ4v) is 4.08. The molecule has 0 saturated heterocycles. The molecule has 0 fully saturated rings. The maximum Gasteiger partial charge on any atom is 0.339 e. The van der Waals surface area contributed by atoms with Gasteiger partial charge in [-0.3, -0.25) is 4.72 Å². The number of anilines is 1. The number of nitrogens with zero attached hydrogens (tertiary/aromatic N) is 4. The van der Waals surface area contributed by atoms with E-state index in [0.717, 1.165) is 0 Å². The predicted molar refractivity (Wildman–Crippen MR) is 110 cm³/mol. The van der Waals surface area contributed by atoms with E-state index < -0.39 is 21.1 Å². The fraction of sp³-hybridized carbons (Fsp3) is 0.294. The third kappa shape index (κ3) is 4.27. The number of carbonyl (C=O) groups is 1. The van der Waals surface area contributed by atoms with Gasteiger partial charge in [0.05, 0.1) is 34.5 Å². The van der Waals surface area contributed by atoms with Gasteiger partial charge in [-0.1, -0.05) is 23.2 Å². The molecule has 10 nitrogen and oxygen atoms in total. The standard InChI is InChI=1S/C17H17Cl2N5O5S/c1-8(2)29-15(25)10-5-6-11(18)13(12(10)19)23-30(26,27)17-21-16-20-14(28-4)9(3)7-24(16)22-17/h5-8,23H,1-4H3. The number of methoxy groups -OCH3 is 1. The normalized spacial score (nSPS) is 11.7. The highest BCUT2D eigenvalue weighted by Gasteiger charge is 2.26. The Morgan fingerprint density at radius 2 is 1.93 bits per heavy atom. The lowest BCUT2D eigenvalue weighted by Crippen LogP contribution is -2.17. The van der Waals surface area contributed by atoms with Crippen LogP contribution in [0.1, 0.15) is 29.8 Å². The highest BCUT2D eigenvalue weighted by molar-refractivity contribution is 7.92. The fourth-order valence-electron chi connectivity index (χ4n) is 2.46. The Morgan fingerprint density at radius 1 is 1.23 bits per heavy atom. The van der Waals surface area contributed by atoms with Gasteiger partial charge in [0.15, 0.2) is 0 Å². The number of aromatic nitrogens is 4. The van der Waals surface area contributed by atoms with Crippen molar-refractivity contribution in [1.29, 1.82) is 0 Å². The number of hydrogen-bond acceptors (Lipinski definition) is 8. The van der Waals surface area contributed by atoms with E-state index in [9.17, 15) is 13.2 Å². The summed E-state index contributed by atoms with van der Waals surface area (Å²) in [6, 6.07) is 2.67. The molecule has 3 aromatic rings. The van der Waals surface area contributed by atoms with Crippen LogP contribution in [-0.2, 0) is 14.8 Å². The minimum Gasteiger partial charge on any atom is -0.481 e. The molecule has 160 valence electrons. The van der Waals surface area contributed by atoms with Crippen molar-refractivity contribution in [1.82, 2.24) is 19.6 Å². The summed E-state index contributed by atoms with van der Waals surface area (Å²) in [5, 5.41) is 3.13. The number of carbonyl (C=O) groups excluding carboxylic acids is 1. The second-order valence-corrected chi connectivity index (χ2v) is 8.78. The quantitative estimate of drug-likeness (QED) is 0.541. The van der Waals surface area contributed by atoms with Gasteiger partial charge in [-0.05, 0) is 32.9 Å². The van der Waals surface area contributed by atoms with Gasteiger partial charge in [0.2, 0.25) is 5.88 Å². The zero-order valence-electron chi connectivity index (χ0n) is 16.3. The molecule has 0 atom stereocenters. The van der Waals surface area contributed by atoms with Gasteiger partial charge >= 0.3 is 5.97 Å². The minimum absolute atomic E-state index is 0.0179. The van der Waals surface area contributed by atoms with Crippen molar-refractivity contribution in [2.45, 2.75) is 32.0 Å². The number of esters is 1. The third-order valence-corrected chi connectivity index (χ3v) is 5.61. The lowest BCUT2D eigenvalue weighted by molar-refractivity contribution is 0.0378. The Bertz CT molecular complexity index is 1240. The molecule has 0 unspecified atom stereocenters. The molecule has 1 N–H and O–H groups in total. The van der Waals surface area contributed by atoms with E-state index in [1.165, 1.54) is 30.0 Å². The van der Waals surface area contributed by atoms with Crippen molar-refractivity contribution in [2.75, 3.05) is 11.8 Å². The van der Waals surface area contributed by atoms with Gasteiger partial charge in [0.25, 0.3) is 21.0 Å². The first-order valence-corrected chi connectivity index (χ1v) is 10.8. The SMILES string of the molecule is COc1nc2nc(S(=O)(=O)Nc3c(Cl)ccc(C(=O)OC(C)C)c3Cl)nn2cc1C. The Kier molecular flexibility index (Phi) is 6.06. The molecule has 3 rings (SSSR count). The van der Waals surface area contributed by atoms with Crippen LogP contribution in [0.25, 0.3) is 5.78 Å². The van der Waals surface area contributed by atoms with E-state index in [0.29, 0.717) is 5.56 Å². The van der Waals surface area contributed by atoms with Gasteiger partial charge in [-0.15, -0.1) is 5.10 Å². The number of benzene rings is 1.